The molecule has 1 aromatic rings. The van der Waals surface area contributed by atoms with E-state index in [0.717, 1.165) is 0 Å². The predicted octanol–water partition coefficient (Wildman–Crippen LogP) is 1.03. The maximum absolute atomic E-state index is 11.3. The predicted molar refractivity (Wildman–Crippen MR) is 47.9 cm³/mol. The molecule has 1 rings (SSSR count). The van der Waals surface area contributed by atoms with Crippen LogP contribution in [0.4, 0.5) is 5.95 Å². The first kappa shape index (κ1) is 8.92. The first-order valence-corrected chi connectivity index (χ1v) is 4.00. The first-order chi connectivity index (χ1) is 5.70. The smallest absolute Gasteiger partial charge is 0.235 e. The lowest BCUT2D eigenvalue weighted by Crippen LogP contribution is -2.12. The molecule has 2 N–H and O–H groups in total. The van der Waals surface area contributed by atoms with Gasteiger partial charge in [-0.2, -0.15) is 0 Å². The van der Waals surface area contributed by atoms with Gasteiger partial charge in [0.15, 0.2) is 0 Å². The molecule has 6 heteroatoms. The lowest BCUT2D eigenvalue weighted by atomic mass is 10.4. The summed E-state index contributed by atoms with van der Waals surface area (Å²) in [5.41, 5.74) is 0. The van der Waals surface area contributed by atoms with Crippen LogP contribution in [0.3, 0.4) is 0 Å². The maximum atomic E-state index is 11.3. The van der Waals surface area contributed by atoms with Gasteiger partial charge in [-0.25, -0.2) is 9.67 Å². The van der Waals surface area contributed by atoms with E-state index in [1.54, 1.807) is 14.0 Å². The zero-order chi connectivity index (χ0) is 9.14. The molecule has 0 saturated carbocycles. The van der Waals surface area contributed by atoms with Crippen LogP contribution in [0.1, 0.15) is 18.1 Å². The van der Waals surface area contributed by atoms with Crippen molar-refractivity contribution in [3.8, 4) is 0 Å². The third-order valence-electron chi connectivity index (χ3n) is 1.45. The Morgan fingerprint density at radius 3 is 3.00 bits per heavy atom. The molecule has 1 aromatic heterocycles. The van der Waals surface area contributed by atoms with Gasteiger partial charge in [-0.3, -0.25) is 4.79 Å². The number of hydrogen-bond acceptors (Lipinski definition) is 4. The van der Waals surface area contributed by atoms with Crippen LogP contribution in [-0.2, 0) is 0 Å². The zero-order valence-corrected chi connectivity index (χ0v) is 7.73. The summed E-state index contributed by atoms with van der Waals surface area (Å²) < 4.78 is 1.67. The van der Waals surface area contributed by atoms with Crippen LogP contribution in [0.25, 0.3) is 0 Å². The molecule has 0 amide bonds. The second-order valence-corrected chi connectivity index (χ2v) is 2.57. The van der Waals surface area contributed by atoms with E-state index in [4.69, 9.17) is 12.2 Å². The Labute approximate surface area is 74.8 Å². The van der Waals surface area contributed by atoms with Crippen LogP contribution in [-0.4, -0.2) is 27.7 Å². The summed E-state index contributed by atoms with van der Waals surface area (Å²) in [5, 5.41) is 9.12. The van der Waals surface area contributed by atoms with Gasteiger partial charge in [0.05, 0.1) is 0 Å². The van der Waals surface area contributed by atoms with Crippen LogP contribution >= 0.6 is 12.2 Å². The molecule has 0 fully saturated rings. The van der Waals surface area contributed by atoms with Crippen LogP contribution in [0.15, 0.2) is 0 Å². The van der Waals surface area contributed by atoms with E-state index in [1.807, 2.05) is 0 Å². The summed E-state index contributed by atoms with van der Waals surface area (Å²) in [5.74, 6) is 0.380. The average Bonchev–Trinajstić information content (AvgIpc) is 2.45. The first-order valence-electron chi connectivity index (χ1n) is 3.59. The number of hydrogen-bond donors (Lipinski definition) is 2. The summed E-state index contributed by atoms with van der Waals surface area (Å²) in [4.78, 5) is 11.3. The largest absolute Gasteiger partial charge is 0.357 e. The molecule has 0 aliphatic carbocycles. The minimum absolute atomic E-state index is 0.0712. The number of nitrogens with zero attached hydrogens (tertiary/aromatic N) is 2. The molecule has 0 radical (unpaired) electrons. The van der Waals surface area contributed by atoms with Gasteiger partial charge in [0.25, 0.3) is 0 Å². The molecule has 0 atom stereocenters. The van der Waals surface area contributed by atoms with Crippen molar-refractivity contribution in [2.45, 2.75) is 13.3 Å². The van der Waals surface area contributed by atoms with E-state index in [2.05, 4.69) is 15.5 Å². The van der Waals surface area contributed by atoms with Crippen molar-refractivity contribution in [1.82, 2.24) is 14.8 Å². The SMILES string of the molecule is CCC(=O)n1c(NC)n[nH]c1=S. The van der Waals surface area contributed by atoms with E-state index in [0.29, 0.717) is 17.1 Å². The Morgan fingerprint density at radius 1 is 1.83 bits per heavy atom. The minimum atomic E-state index is -0.0712. The maximum Gasteiger partial charge on any atom is 0.235 e. The molecular weight excluding hydrogens is 176 g/mol. The van der Waals surface area contributed by atoms with Crippen molar-refractivity contribution in [3.05, 3.63) is 4.77 Å². The summed E-state index contributed by atoms with van der Waals surface area (Å²) in [6.07, 6.45) is 0.405. The van der Waals surface area contributed by atoms with Crippen molar-refractivity contribution in [2.75, 3.05) is 12.4 Å². The fourth-order valence-corrected chi connectivity index (χ4v) is 1.09. The Balaban J connectivity index is 3.19. The second-order valence-electron chi connectivity index (χ2n) is 2.19. The van der Waals surface area contributed by atoms with Gasteiger partial charge >= 0.3 is 0 Å². The minimum Gasteiger partial charge on any atom is -0.357 e. The van der Waals surface area contributed by atoms with Gasteiger partial charge in [0, 0.05) is 13.5 Å². The third-order valence-corrected chi connectivity index (χ3v) is 1.72. The molecule has 0 bridgehead atoms. The standard InChI is InChI=1S/C6H10N4OS/c1-3-4(11)10-5(7-2)8-9-6(10)12/h3H2,1-2H3,(H,7,8)(H,9,12). The Hall–Kier alpha value is -1.17. The van der Waals surface area contributed by atoms with Crippen molar-refractivity contribution >= 4 is 24.1 Å². The van der Waals surface area contributed by atoms with E-state index in [-0.39, 0.29) is 5.91 Å². The monoisotopic (exact) mass is 186 g/mol. The molecule has 0 unspecified atom stereocenters. The molecular formula is C6H10N4OS. The van der Waals surface area contributed by atoms with Crippen LogP contribution in [0, 0.1) is 4.77 Å². The number of nitrogens with one attached hydrogen (secondary N) is 2. The lowest BCUT2D eigenvalue weighted by molar-refractivity contribution is 0.0909. The van der Waals surface area contributed by atoms with Crippen molar-refractivity contribution in [2.24, 2.45) is 0 Å². The van der Waals surface area contributed by atoms with Gasteiger partial charge < -0.3 is 5.32 Å². The number of aromatic amines is 1. The Kier molecular flexibility index (Phi) is 2.59. The fraction of sp³-hybridized carbons (Fsp3) is 0.500. The number of rotatable bonds is 2. The summed E-state index contributed by atoms with van der Waals surface area (Å²) in [6.45, 7) is 1.77. The highest BCUT2D eigenvalue weighted by atomic mass is 32.1. The number of carbonyl (C=O) groups is 1. The van der Waals surface area contributed by atoms with Crippen LogP contribution in [0.2, 0.25) is 0 Å². The highest BCUT2D eigenvalue weighted by Gasteiger charge is 2.09. The summed E-state index contributed by atoms with van der Waals surface area (Å²) in [7, 11) is 1.68. The van der Waals surface area contributed by atoms with Crippen molar-refractivity contribution in [3.63, 3.8) is 0 Å². The molecule has 0 spiro atoms. The average molecular weight is 186 g/mol. The molecule has 0 aromatic carbocycles. The van der Waals surface area contributed by atoms with Gasteiger partial charge in [-0.1, -0.05) is 6.92 Å². The van der Waals surface area contributed by atoms with E-state index >= 15 is 0 Å². The quantitative estimate of drug-likeness (QED) is 0.677. The lowest BCUT2D eigenvalue weighted by Gasteiger charge is -2.00. The van der Waals surface area contributed by atoms with Crippen molar-refractivity contribution in [1.29, 1.82) is 0 Å². The Morgan fingerprint density at radius 2 is 2.50 bits per heavy atom. The van der Waals surface area contributed by atoms with Crippen molar-refractivity contribution < 1.29 is 4.79 Å². The Bertz CT molecular complexity index is 340. The van der Waals surface area contributed by atoms with E-state index in [9.17, 15) is 4.79 Å². The summed E-state index contributed by atoms with van der Waals surface area (Å²) in [6, 6.07) is 0. The van der Waals surface area contributed by atoms with Gasteiger partial charge in [-0.15, -0.1) is 5.10 Å². The fourth-order valence-electron chi connectivity index (χ4n) is 0.854. The second kappa shape index (κ2) is 3.48. The number of anilines is 1. The normalized spacial score (nSPS) is 9.83. The number of carbonyl (C=O) groups excluding carboxylic acids is 1. The highest BCUT2D eigenvalue weighted by molar-refractivity contribution is 7.71. The molecule has 12 heavy (non-hydrogen) atoms. The molecule has 0 aliphatic heterocycles. The molecule has 0 saturated heterocycles. The third kappa shape index (κ3) is 1.38. The van der Waals surface area contributed by atoms with Crippen LogP contribution < -0.4 is 5.32 Å². The topological polar surface area (TPSA) is 62.7 Å². The number of aromatic nitrogens is 3. The molecule has 1 heterocycles. The van der Waals surface area contributed by atoms with E-state index < -0.39 is 0 Å². The number of H-pyrrole nitrogens is 1. The summed E-state index contributed by atoms with van der Waals surface area (Å²) >= 11 is 4.87. The van der Waals surface area contributed by atoms with Gasteiger partial charge in [-0.05, 0) is 12.2 Å². The van der Waals surface area contributed by atoms with Gasteiger partial charge in [0.2, 0.25) is 16.6 Å². The molecule has 5 nitrogen and oxygen atoms in total. The molecule has 0 aliphatic rings. The van der Waals surface area contributed by atoms with Gasteiger partial charge in [0.1, 0.15) is 0 Å². The zero-order valence-electron chi connectivity index (χ0n) is 6.92. The van der Waals surface area contributed by atoms with Crippen LogP contribution in [0.5, 0.6) is 0 Å². The highest BCUT2D eigenvalue weighted by Crippen LogP contribution is 2.03. The molecule has 66 valence electrons. The van der Waals surface area contributed by atoms with E-state index in [1.165, 1.54) is 4.57 Å².